The Labute approximate surface area is 177 Å². The fraction of sp³-hybridized carbons (Fsp3) is 0.381. The molecule has 3 rings (SSSR count). The van der Waals surface area contributed by atoms with Gasteiger partial charge >= 0.3 is 6.09 Å². The minimum Gasteiger partial charge on any atom is -0.486 e. The van der Waals surface area contributed by atoms with Crippen LogP contribution in [-0.2, 0) is 16.1 Å². The summed E-state index contributed by atoms with van der Waals surface area (Å²) in [7, 11) is 0. The molecule has 1 N–H and O–H groups in total. The highest BCUT2D eigenvalue weighted by Crippen LogP contribution is 2.36. The molecule has 8 heteroatoms. The normalized spacial score (nSPS) is 14.8. The molecule has 0 radical (unpaired) electrons. The van der Waals surface area contributed by atoms with E-state index in [0.717, 1.165) is 5.56 Å². The van der Waals surface area contributed by atoms with Crippen LogP contribution in [0.4, 0.5) is 14.9 Å². The van der Waals surface area contributed by atoms with E-state index in [0.29, 0.717) is 23.4 Å². The molecule has 1 heterocycles. The molecule has 0 unspecified atom stereocenters. The van der Waals surface area contributed by atoms with Crippen molar-refractivity contribution in [3.05, 3.63) is 57.8 Å². The number of benzene rings is 2. The number of ether oxygens (including phenoxy) is 3. The average molecular weight is 468 g/mol. The van der Waals surface area contributed by atoms with Gasteiger partial charge in [0.2, 0.25) is 0 Å². The standard InChI is InChI=1S/C21H23BrFNO5/c1-21(2,3)24(20(25)26)14-6-4-5-13(11-14)12-29-16-8-7-15(22)17(18(16)23)19-27-9-10-28-19/h4-8,11,19H,9-10,12H2,1-3H3,(H,25,26). The average Bonchev–Trinajstić information content (AvgIpc) is 3.14. The zero-order chi connectivity index (χ0) is 21.2. The molecule has 0 atom stereocenters. The maximum absolute atomic E-state index is 15.0. The van der Waals surface area contributed by atoms with E-state index in [-0.39, 0.29) is 17.9 Å². The lowest BCUT2D eigenvalue weighted by molar-refractivity contribution is -0.0473. The van der Waals surface area contributed by atoms with Crippen molar-refractivity contribution in [2.75, 3.05) is 18.1 Å². The van der Waals surface area contributed by atoms with Crippen LogP contribution in [0.25, 0.3) is 0 Å². The topological polar surface area (TPSA) is 68.2 Å². The second-order valence-corrected chi connectivity index (χ2v) is 8.45. The van der Waals surface area contributed by atoms with Crippen molar-refractivity contribution in [3.8, 4) is 5.75 Å². The fourth-order valence-corrected chi connectivity index (χ4v) is 3.63. The number of hydrogen-bond acceptors (Lipinski definition) is 4. The summed E-state index contributed by atoms with van der Waals surface area (Å²) < 4.78 is 32.0. The van der Waals surface area contributed by atoms with Crippen molar-refractivity contribution in [3.63, 3.8) is 0 Å². The predicted molar refractivity (Wildman–Crippen MR) is 110 cm³/mol. The molecule has 1 aliphatic rings. The molecule has 0 saturated carbocycles. The molecule has 2 aromatic rings. The van der Waals surface area contributed by atoms with Gasteiger partial charge in [0, 0.05) is 15.7 Å². The lowest BCUT2D eigenvalue weighted by atomic mass is 10.0. The van der Waals surface area contributed by atoms with E-state index in [9.17, 15) is 14.3 Å². The van der Waals surface area contributed by atoms with Gasteiger partial charge in [-0.2, -0.15) is 0 Å². The van der Waals surface area contributed by atoms with Crippen LogP contribution in [-0.4, -0.2) is 30.0 Å². The third kappa shape index (κ3) is 4.88. The molecule has 0 spiro atoms. The molecule has 0 bridgehead atoms. The van der Waals surface area contributed by atoms with Crippen molar-refractivity contribution >= 4 is 27.7 Å². The number of carbonyl (C=O) groups is 1. The van der Waals surface area contributed by atoms with E-state index in [1.807, 2.05) is 20.8 Å². The van der Waals surface area contributed by atoms with Crippen LogP contribution in [0.15, 0.2) is 40.9 Å². The summed E-state index contributed by atoms with van der Waals surface area (Å²) in [4.78, 5) is 13.0. The number of halogens is 2. The van der Waals surface area contributed by atoms with Crippen molar-refractivity contribution in [1.82, 2.24) is 0 Å². The van der Waals surface area contributed by atoms with Crippen LogP contribution in [0.3, 0.4) is 0 Å². The highest BCUT2D eigenvalue weighted by atomic mass is 79.9. The zero-order valence-electron chi connectivity index (χ0n) is 16.4. The van der Waals surface area contributed by atoms with E-state index in [1.54, 1.807) is 30.3 Å². The quantitative estimate of drug-likeness (QED) is 0.628. The molecule has 29 heavy (non-hydrogen) atoms. The molecule has 1 fully saturated rings. The third-order valence-corrected chi connectivity index (χ3v) is 5.07. The van der Waals surface area contributed by atoms with Gasteiger partial charge in [-0.25, -0.2) is 9.18 Å². The van der Waals surface area contributed by atoms with Gasteiger partial charge in [0.05, 0.1) is 18.8 Å². The molecule has 0 aliphatic carbocycles. The van der Waals surface area contributed by atoms with Gasteiger partial charge in [-0.1, -0.05) is 28.1 Å². The van der Waals surface area contributed by atoms with Crippen LogP contribution in [0.5, 0.6) is 5.75 Å². The van der Waals surface area contributed by atoms with Gasteiger partial charge in [0.25, 0.3) is 0 Å². The van der Waals surface area contributed by atoms with E-state index in [2.05, 4.69) is 15.9 Å². The maximum atomic E-state index is 15.0. The highest BCUT2D eigenvalue weighted by Gasteiger charge is 2.28. The lowest BCUT2D eigenvalue weighted by Gasteiger charge is -2.33. The number of anilines is 1. The van der Waals surface area contributed by atoms with Crippen LogP contribution >= 0.6 is 15.9 Å². The SMILES string of the molecule is CC(C)(C)N(C(=O)O)c1cccc(COc2ccc(Br)c(C3OCCO3)c2F)c1. The van der Waals surface area contributed by atoms with Crippen LogP contribution in [0.1, 0.15) is 38.2 Å². The second-order valence-electron chi connectivity index (χ2n) is 7.59. The lowest BCUT2D eigenvalue weighted by Crippen LogP contribution is -2.45. The second kappa shape index (κ2) is 8.69. The first-order chi connectivity index (χ1) is 13.7. The zero-order valence-corrected chi connectivity index (χ0v) is 18.0. The van der Waals surface area contributed by atoms with Crippen LogP contribution < -0.4 is 9.64 Å². The van der Waals surface area contributed by atoms with Crippen LogP contribution in [0, 0.1) is 5.82 Å². The van der Waals surface area contributed by atoms with E-state index in [4.69, 9.17) is 14.2 Å². The van der Waals surface area contributed by atoms with Crippen LogP contribution in [0.2, 0.25) is 0 Å². The molecule has 0 aromatic heterocycles. The molecule has 156 valence electrons. The Morgan fingerprint density at radius 1 is 1.28 bits per heavy atom. The minimum absolute atomic E-state index is 0.0682. The van der Waals surface area contributed by atoms with Crippen molar-refractivity contribution in [2.24, 2.45) is 0 Å². The Hall–Kier alpha value is -2.16. The van der Waals surface area contributed by atoms with Gasteiger partial charge in [0.15, 0.2) is 17.9 Å². The molecule has 1 amide bonds. The smallest absolute Gasteiger partial charge is 0.412 e. The minimum atomic E-state index is -1.05. The number of carboxylic acid groups (broad SMARTS) is 1. The number of nitrogens with zero attached hydrogens (tertiary/aromatic N) is 1. The summed E-state index contributed by atoms with van der Waals surface area (Å²) in [6, 6.07) is 10.2. The number of amides is 1. The first-order valence-electron chi connectivity index (χ1n) is 9.14. The van der Waals surface area contributed by atoms with Crippen molar-refractivity contribution in [1.29, 1.82) is 0 Å². The third-order valence-electron chi connectivity index (χ3n) is 4.37. The number of rotatable bonds is 5. The molecule has 6 nitrogen and oxygen atoms in total. The van der Waals surface area contributed by atoms with Crippen molar-refractivity contribution in [2.45, 2.75) is 39.2 Å². The molecule has 2 aromatic carbocycles. The summed E-state index contributed by atoms with van der Waals surface area (Å²) >= 11 is 3.33. The Balaban J connectivity index is 1.80. The van der Waals surface area contributed by atoms with E-state index in [1.165, 1.54) is 11.0 Å². The summed E-state index contributed by atoms with van der Waals surface area (Å²) in [5.41, 5.74) is 0.892. The first kappa shape index (κ1) is 21.5. The molecular weight excluding hydrogens is 445 g/mol. The summed E-state index contributed by atoms with van der Waals surface area (Å²) in [6.45, 7) is 6.34. The molecular formula is C21H23BrFNO5. The van der Waals surface area contributed by atoms with Gasteiger partial charge in [-0.3, -0.25) is 4.90 Å². The summed E-state index contributed by atoms with van der Waals surface area (Å²) in [6.07, 6.45) is -1.82. The van der Waals surface area contributed by atoms with Crippen molar-refractivity contribution < 1.29 is 28.5 Å². The Kier molecular flexibility index (Phi) is 6.45. The van der Waals surface area contributed by atoms with E-state index < -0.39 is 23.7 Å². The molecule has 1 saturated heterocycles. The van der Waals surface area contributed by atoms with Gasteiger partial charge in [-0.15, -0.1) is 0 Å². The van der Waals surface area contributed by atoms with Gasteiger partial charge < -0.3 is 19.3 Å². The fourth-order valence-electron chi connectivity index (χ4n) is 3.13. The Bertz CT molecular complexity index is 893. The number of hydrogen-bond donors (Lipinski definition) is 1. The summed E-state index contributed by atoms with van der Waals surface area (Å²) in [5.74, 6) is -0.483. The Morgan fingerprint density at radius 2 is 1.97 bits per heavy atom. The highest BCUT2D eigenvalue weighted by molar-refractivity contribution is 9.10. The first-order valence-corrected chi connectivity index (χ1v) is 9.94. The largest absolute Gasteiger partial charge is 0.486 e. The van der Waals surface area contributed by atoms with Gasteiger partial charge in [-0.05, 0) is 50.6 Å². The predicted octanol–water partition coefficient (Wildman–Crippen LogP) is 5.50. The Morgan fingerprint density at radius 3 is 2.59 bits per heavy atom. The monoisotopic (exact) mass is 467 g/mol. The van der Waals surface area contributed by atoms with Gasteiger partial charge in [0.1, 0.15) is 6.61 Å². The summed E-state index contributed by atoms with van der Waals surface area (Å²) in [5, 5.41) is 9.57. The molecule has 1 aliphatic heterocycles. The maximum Gasteiger partial charge on any atom is 0.412 e. The van der Waals surface area contributed by atoms with E-state index >= 15 is 0 Å².